The third-order valence-corrected chi connectivity index (χ3v) is 2.89. The Labute approximate surface area is 125 Å². The molecule has 0 aromatic heterocycles. The first-order chi connectivity index (χ1) is 10.3. The second-order valence-corrected chi connectivity index (χ2v) is 4.70. The second kappa shape index (κ2) is 8.17. The lowest BCUT2D eigenvalue weighted by atomic mass is 10.2. The van der Waals surface area contributed by atoms with E-state index in [0.717, 1.165) is 23.5 Å². The smallest absolute Gasteiger partial charge is 0.121 e. The quantitative estimate of drug-likeness (QED) is 0.598. The third kappa shape index (κ3) is 5.36. The fourth-order valence-electron chi connectivity index (χ4n) is 1.94. The minimum absolute atomic E-state index is 0.593. The lowest BCUT2D eigenvalue weighted by Crippen LogP contribution is -2.05. The normalized spacial score (nSPS) is 10.3. The summed E-state index contributed by atoms with van der Waals surface area (Å²) >= 11 is 0. The molecule has 0 radical (unpaired) electrons. The SMILES string of the molecule is COCc1cccc(OCCCOc2cccc(N)c2)c1. The highest BCUT2D eigenvalue weighted by atomic mass is 16.5. The van der Waals surface area contributed by atoms with E-state index in [4.69, 9.17) is 19.9 Å². The minimum atomic E-state index is 0.593. The van der Waals surface area contributed by atoms with Crippen molar-refractivity contribution in [2.24, 2.45) is 0 Å². The molecule has 0 heterocycles. The maximum Gasteiger partial charge on any atom is 0.121 e. The molecule has 2 aromatic rings. The summed E-state index contributed by atoms with van der Waals surface area (Å²) in [6.07, 6.45) is 0.809. The molecule has 0 bridgehead atoms. The Morgan fingerprint density at radius 3 is 2.24 bits per heavy atom. The van der Waals surface area contributed by atoms with Gasteiger partial charge in [-0.3, -0.25) is 0 Å². The van der Waals surface area contributed by atoms with Crippen LogP contribution in [0.15, 0.2) is 48.5 Å². The highest BCUT2D eigenvalue weighted by molar-refractivity contribution is 5.43. The standard InChI is InChI=1S/C17H21NO3/c1-19-13-14-5-2-7-16(11-14)20-9-4-10-21-17-8-3-6-15(18)12-17/h2-3,5-8,11-12H,4,9-10,13,18H2,1H3. The predicted octanol–water partition coefficient (Wildman–Crippen LogP) is 3.26. The third-order valence-electron chi connectivity index (χ3n) is 2.89. The number of nitrogen functional groups attached to an aromatic ring is 1. The first-order valence-corrected chi connectivity index (χ1v) is 6.97. The van der Waals surface area contributed by atoms with Crippen molar-refractivity contribution in [3.05, 3.63) is 54.1 Å². The van der Waals surface area contributed by atoms with Gasteiger partial charge in [0.25, 0.3) is 0 Å². The highest BCUT2D eigenvalue weighted by Crippen LogP contribution is 2.16. The molecule has 0 amide bonds. The lowest BCUT2D eigenvalue weighted by Gasteiger charge is -2.09. The highest BCUT2D eigenvalue weighted by Gasteiger charge is 1.98. The van der Waals surface area contributed by atoms with E-state index in [2.05, 4.69) is 0 Å². The molecule has 0 unspecified atom stereocenters. The average Bonchev–Trinajstić information content (AvgIpc) is 2.48. The Balaban J connectivity index is 1.69. The molecule has 2 N–H and O–H groups in total. The first kappa shape index (κ1) is 15.2. The van der Waals surface area contributed by atoms with Crippen molar-refractivity contribution < 1.29 is 14.2 Å². The molecule has 21 heavy (non-hydrogen) atoms. The molecule has 2 aromatic carbocycles. The van der Waals surface area contributed by atoms with Crippen molar-refractivity contribution in [2.75, 3.05) is 26.1 Å². The molecular weight excluding hydrogens is 266 g/mol. The van der Waals surface area contributed by atoms with Crippen LogP contribution in [0.3, 0.4) is 0 Å². The van der Waals surface area contributed by atoms with E-state index in [1.54, 1.807) is 7.11 Å². The largest absolute Gasteiger partial charge is 0.493 e. The fourth-order valence-corrected chi connectivity index (χ4v) is 1.94. The zero-order chi connectivity index (χ0) is 14.9. The van der Waals surface area contributed by atoms with E-state index >= 15 is 0 Å². The van der Waals surface area contributed by atoms with E-state index < -0.39 is 0 Å². The molecule has 4 heteroatoms. The Morgan fingerprint density at radius 2 is 1.57 bits per heavy atom. The van der Waals surface area contributed by atoms with E-state index in [-0.39, 0.29) is 0 Å². The number of nitrogens with two attached hydrogens (primary N) is 1. The molecule has 112 valence electrons. The van der Waals surface area contributed by atoms with Crippen LogP contribution in [-0.2, 0) is 11.3 Å². The number of methoxy groups -OCH3 is 1. The van der Waals surface area contributed by atoms with Gasteiger partial charge in [-0.25, -0.2) is 0 Å². The van der Waals surface area contributed by atoms with Gasteiger partial charge >= 0.3 is 0 Å². The number of hydrogen-bond donors (Lipinski definition) is 1. The Morgan fingerprint density at radius 1 is 0.905 bits per heavy atom. The van der Waals surface area contributed by atoms with Gasteiger partial charge in [0.05, 0.1) is 19.8 Å². The van der Waals surface area contributed by atoms with E-state index in [9.17, 15) is 0 Å². The Bertz CT molecular complexity index is 557. The molecule has 0 atom stereocenters. The van der Waals surface area contributed by atoms with Crippen molar-refractivity contribution in [2.45, 2.75) is 13.0 Å². The van der Waals surface area contributed by atoms with Crippen molar-refractivity contribution in [3.8, 4) is 11.5 Å². The zero-order valence-electron chi connectivity index (χ0n) is 12.2. The summed E-state index contributed by atoms with van der Waals surface area (Å²) in [5.41, 5.74) is 7.50. The van der Waals surface area contributed by atoms with Gasteiger partial charge in [0, 0.05) is 25.3 Å². The van der Waals surface area contributed by atoms with Crippen LogP contribution in [0.25, 0.3) is 0 Å². The molecule has 0 saturated carbocycles. The summed E-state index contributed by atoms with van der Waals surface area (Å²) in [6.45, 7) is 1.80. The van der Waals surface area contributed by atoms with Gasteiger partial charge in [-0.15, -0.1) is 0 Å². The topological polar surface area (TPSA) is 53.7 Å². The zero-order valence-corrected chi connectivity index (χ0v) is 12.2. The van der Waals surface area contributed by atoms with Gasteiger partial charge in [0.2, 0.25) is 0 Å². The van der Waals surface area contributed by atoms with Crippen LogP contribution >= 0.6 is 0 Å². The van der Waals surface area contributed by atoms with Gasteiger partial charge in [-0.1, -0.05) is 18.2 Å². The van der Waals surface area contributed by atoms with Crippen LogP contribution in [0, 0.1) is 0 Å². The Hall–Kier alpha value is -2.20. The Kier molecular flexibility index (Phi) is 5.91. The minimum Gasteiger partial charge on any atom is -0.493 e. The van der Waals surface area contributed by atoms with Crippen molar-refractivity contribution in [1.82, 2.24) is 0 Å². The van der Waals surface area contributed by atoms with Crippen LogP contribution in [0.1, 0.15) is 12.0 Å². The summed E-state index contributed by atoms with van der Waals surface area (Å²) < 4.78 is 16.4. The molecule has 0 saturated heterocycles. The van der Waals surface area contributed by atoms with E-state index in [0.29, 0.717) is 25.5 Å². The number of anilines is 1. The number of hydrogen-bond acceptors (Lipinski definition) is 4. The van der Waals surface area contributed by atoms with Gasteiger partial charge in [0.15, 0.2) is 0 Å². The van der Waals surface area contributed by atoms with Gasteiger partial charge < -0.3 is 19.9 Å². The van der Waals surface area contributed by atoms with Crippen LogP contribution in [-0.4, -0.2) is 20.3 Å². The predicted molar refractivity (Wildman–Crippen MR) is 83.6 cm³/mol. The summed E-state index contributed by atoms with van der Waals surface area (Å²) in [7, 11) is 1.68. The summed E-state index contributed by atoms with van der Waals surface area (Å²) in [4.78, 5) is 0. The molecule has 0 spiro atoms. The lowest BCUT2D eigenvalue weighted by molar-refractivity contribution is 0.184. The van der Waals surface area contributed by atoms with Gasteiger partial charge in [-0.05, 0) is 29.8 Å². The van der Waals surface area contributed by atoms with Crippen molar-refractivity contribution in [3.63, 3.8) is 0 Å². The van der Waals surface area contributed by atoms with E-state index in [1.165, 1.54) is 0 Å². The number of benzene rings is 2. The van der Waals surface area contributed by atoms with Gasteiger partial charge in [0.1, 0.15) is 11.5 Å². The van der Waals surface area contributed by atoms with Crippen LogP contribution in [0.2, 0.25) is 0 Å². The molecule has 0 aliphatic rings. The molecule has 2 rings (SSSR count). The summed E-state index contributed by atoms with van der Waals surface area (Å²) in [6, 6.07) is 15.3. The van der Waals surface area contributed by atoms with Crippen LogP contribution in [0.4, 0.5) is 5.69 Å². The maximum atomic E-state index is 5.69. The number of ether oxygens (including phenoxy) is 3. The molecule has 0 aliphatic heterocycles. The van der Waals surface area contributed by atoms with Gasteiger partial charge in [-0.2, -0.15) is 0 Å². The van der Waals surface area contributed by atoms with Crippen molar-refractivity contribution >= 4 is 5.69 Å². The molecule has 4 nitrogen and oxygen atoms in total. The second-order valence-electron chi connectivity index (χ2n) is 4.70. The van der Waals surface area contributed by atoms with Crippen molar-refractivity contribution in [1.29, 1.82) is 0 Å². The average molecular weight is 287 g/mol. The monoisotopic (exact) mass is 287 g/mol. The molecular formula is C17H21NO3. The first-order valence-electron chi connectivity index (χ1n) is 6.97. The number of rotatable bonds is 8. The van der Waals surface area contributed by atoms with E-state index in [1.807, 2.05) is 48.5 Å². The van der Waals surface area contributed by atoms with Crippen LogP contribution in [0.5, 0.6) is 11.5 Å². The molecule has 0 fully saturated rings. The molecule has 0 aliphatic carbocycles. The fraction of sp³-hybridized carbons (Fsp3) is 0.294. The summed E-state index contributed by atoms with van der Waals surface area (Å²) in [5.74, 6) is 1.64. The van der Waals surface area contributed by atoms with Crippen LogP contribution < -0.4 is 15.2 Å². The summed E-state index contributed by atoms with van der Waals surface area (Å²) in [5, 5.41) is 0. The maximum absolute atomic E-state index is 5.69.